The van der Waals surface area contributed by atoms with Crippen molar-refractivity contribution >= 4 is 16.9 Å². The number of para-hydroxylation sites is 1. The van der Waals surface area contributed by atoms with E-state index >= 15 is 0 Å². The first-order valence-corrected chi connectivity index (χ1v) is 5.78. The van der Waals surface area contributed by atoms with Crippen molar-refractivity contribution in [3.05, 3.63) is 41.1 Å². The van der Waals surface area contributed by atoms with Crippen LogP contribution in [-0.2, 0) is 9.47 Å². The van der Waals surface area contributed by atoms with E-state index in [0.717, 1.165) is 0 Å². The van der Waals surface area contributed by atoms with E-state index in [4.69, 9.17) is 9.47 Å². The number of carbonyl (C=O) groups is 1. The Bertz CT molecular complexity index is 620. The number of hydrogen-bond donors (Lipinski definition) is 1. The summed E-state index contributed by atoms with van der Waals surface area (Å²) in [5.41, 5.74) is 1.89. The molecule has 1 aromatic carbocycles. The minimum absolute atomic E-state index is 0.236. The number of methoxy groups -OCH3 is 2. The number of pyridine rings is 1. The molecule has 1 aromatic heterocycles. The molecule has 0 saturated carbocycles. The van der Waals surface area contributed by atoms with E-state index < -0.39 is 12.3 Å². The van der Waals surface area contributed by atoms with Crippen molar-refractivity contribution in [2.45, 2.75) is 13.2 Å². The molecule has 0 aliphatic rings. The monoisotopic (exact) mass is 261 g/mol. The molecule has 2 aromatic rings. The number of aromatic nitrogens is 1. The van der Waals surface area contributed by atoms with Crippen molar-refractivity contribution in [1.82, 2.24) is 4.98 Å². The first kappa shape index (κ1) is 13.5. The fourth-order valence-electron chi connectivity index (χ4n) is 2.15. The lowest BCUT2D eigenvalue weighted by Crippen LogP contribution is -2.13. The van der Waals surface area contributed by atoms with Crippen molar-refractivity contribution in [3.63, 3.8) is 0 Å². The summed E-state index contributed by atoms with van der Waals surface area (Å²) in [5.74, 6) is -0.983. The molecule has 0 aliphatic carbocycles. The van der Waals surface area contributed by atoms with Crippen LogP contribution in [0.3, 0.4) is 0 Å². The molecule has 1 heterocycles. The number of carboxylic acids is 1. The smallest absolute Gasteiger partial charge is 0.336 e. The highest BCUT2D eigenvalue weighted by atomic mass is 16.7. The lowest BCUT2D eigenvalue weighted by Gasteiger charge is -2.17. The topological polar surface area (TPSA) is 68.7 Å². The van der Waals surface area contributed by atoms with Crippen molar-refractivity contribution in [1.29, 1.82) is 0 Å². The van der Waals surface area contributed by atoms with Gasteiger partial charge in [0, 0.05) is 19.6 Å². The Hall–Kier alpha value is -1.98. The van der Waals surface area contributed by atoms with Gasteiger partial charge in [0.05, 0.1) is 11.1 Å². The van der Waals surface area contributed by atoms with Crippen LogP contribution in [0.5, 0.6) is 0 Å². The quantitative estimate of drug-likeness (QED) is 0.856. The fourth-order valence-corrected chi connectivity index (χ4v) is 2.15. The van der Waals surface area contributed by atoms with Crippen LogP contribution >= 0.6 is 0 Å². The summed E-state index contributed by atoms with van der Waals surface area (Å²) in [6, 6.07) is 7.12. The third kappa shape index (κ3) is 2.30. The highest BCUT2D eigenvalue weighted by Gasteiger charge is 2.22. The van der Waals surface area contributed by atoms with Gasteiger partial charge in [0.25, 0.3) is 0 Å². The Morgan fingerprint density at radius 3 is 2.47 bits per heavy atom. The average Bonchev–Trinajstić information content (AvgIpc) is 2.40. The maximum Gasteiger partial charge on any atom is 0.336 e. The summed E-state index contributed by atoms with van der Waals surface area (Å²) in [7, 11) is 2.98. The van der Waals surface area contributed by atoms with Gasteiger partial charge >= 0.3 is 5.97 Å². The molecule has 0 radical (unpaired) electrons. The Morgan fingerprint density at radius 1 is 1.26 bits per heavy atom. The number of carboxylic acid groups (broad SMARTS) is 1. The van der Waals surface area contributed by atoms with Crippen molar-refractivity contribution < 1.29 is 19.4 Å². The van der Waals surface area contributed by atoms with E-state index in [-0.39, 0.29) is 5.56 Å². The second kappa shape index (κ2) is 5.34. The van der Waals surface area contributed by atoms with Gasteiger partial charge in [-0.25, -0.2) is 9.78 Å². The van der Waals surface area contributed by atoms with Crippen LogP contribution in [0.2, 0.25) is 0 Å². The molecule has 19 heavy (non-hydrogen) atoms. The normalized spacial score (nSPS) is 11.2. The second-order valence-corrected chi connectivity index (χ2v) is 4.12. The van der Waals surface area contributed by atoms with Gasteiger partial charge in [0.1, 0.15) is 5.69 Å². The van der Waals surface area contributed by atoms with E-state index in [0.29, 0.717) is 22.2 Å². The lowest BCUT2D eigenvalue weighted by atomic mass is 10.0. The number of nitrogens with zero attached hydrogens (tertiary/aromatic N) is 1. The zero-order valence-corrected chi connectivity index (χ0v) is 11.0. The SMILES string of the molecule is COC(OC)c1nc2ccccc2c(C(=O)O)c1C. The number of rotatable bonds is 4. The Labute approximate surface area is 110 Å². The molecule has 2 rings (SSSR count). The molecule has 5 heteroatoms. The van der Waals surface area contributed by atoms with E-state index in [9.17, 15) is 9.90 Å². The summed E-state index contributed by atoms with van der Waals surface area (Å²) in [6.45, 7) is 1.71. The third-order valence-corrected chi connectivity index (χ3v) is 3.04. The van der Waals surface area contributed by atoms with Gasteiger partial charge in [0.2, 0.25) is 6.29 Å². The molecule has 0 saturated heterocycles. The highest BCUT2D eigenvalue weighted by Crippen LogP contribution is 2.28. The minimum Gasteiger partial charge on any atom is -0.478 e. The predicted molar refractivity (Wildman–Crippen MR) is 70.2 cm³/mol. The summed E-state index contributed by atoms with van der Waals surface area (Å²) >= 11 is 0. The van der Waals surface area contributed by atoms with Crippen LogP contribution in [0, 0.1) is 6.92 Å². The summed E-state index contributed by atoms with van der Waals surface area (Å²) < 4.78 is 10.3. The zero-order valence-electron chi connectivity index (χ0n) is 11.0. The molecule has 1 N–H and O–H groups in total. The van der Waals surface area contributed by atoms with Crippen molar-refractivity contribution in [2.75, 3.05) is 14.2 Å². The van der Waals surface area contributed by atoms with E-state index in [2.05, 4.69) is 4.98 Å². The number of hydrogen-bond acceptors (Lipinski definition) is 4. The Kier molecular flexibility index (Phi) is 3.78. The van der Waals surface area contributed by atoms with Crippen LogP contribution in [-0.4, -0.2) is 30.3 Å². The Morgan fingerprint density at radius 2 is 1.89 bits per heavy atom. The molecule has 0 bridgehead atoms. The van der Waals surface area contributed by atoms with Gasteiger partial charge in [-0.05, 0) is 18.6 Å². The van der Waals surface area contributed by atoms with Gasteiger partial charge in [-0.15, -0.1) is 0 Å². The number of ether oxygens (including phenoxy) is 2. The molecule has 0 spiro atoms. The Balaban J connectivity index is 2.80. The second-order valence-electron chi connectivity index (χ2n) is 4.12. The zero-order chi connectivity index (χ0) is 14.0. The largest absolute Gasteiger partial charge is 0.478 e. The van der Waals surface area contributed by atoms with Crippen LogP contribution < -0.4 is 0 Å². The predicted octanol–water partition coefficient (Wildman–Crippen LogP) is 2.53. The maximum atomic E-state index is 11.5. The number of fused-ring (bicyclic) bond motifs is 1. The average molecular weight is 261 g/mol. The lowest BCUT2D eigenvalue weighted by molar-refractivity contribution is -0.108. The van der Waals surface area contributed by atoms with Crippen LogP contribution in [0.15, 0.2) is 24.3 Å². The van der Waals surface area contributed by atoms with Gasteiger partial charge in [-0.3, -0.25) is 0 Å². The number of aromatic carboxylic acids is 1. The molecule has 0 unspecified atom stereocenters. The van der Waals surface area contributed by atoms with Crippen LogP contribution in [0.25, 0.3) is 10.9 Å². The van der Waals surface area contributed by atoms with Crippen molar-refractivity contribution in [2.24, 2.45) is 0 Å². The maximum absolute atomic E-state index is 11.5. The van der Waals surface area contributed by atoms with Gasteiger partial charge in [-0.2, -0.15) is 0 Å². The molecule has 100 valence electrons. The number of benzene rings is 1. The molecule has 5 nitrogen and oxygen atoms in total. The van der Waals surface area contributed by atoms with Gasteiger partial charge < -0.3 is 14.6 Å². The highest BCUT2D eigenvalue weighted by molar-refractivity contribution is 6.04. The van der Waals surface area contributed by atoms with E-state index in [1.165, 1.54) is 14.2 Å². The van der Waals surface area contributed by atoms with Crippen LogP contribution in [0.1, 0.15) is 27.9 Å². The minimum atomic E-state index is -0.983. The third-order valence-electron chi connectivity index (χ3n) is 3.04. The molecular formula is C14H15NO4. The first-order chi connectivity index (χ1) is 9.10. The van der Waals surface area contributed by atoms with E-state index in [1.54, 1.807) is 25.1 Å². The van der Waals surface area contributed by atoms with Crippen LogP contribution in [0.4, 0.5) is 0 Å². The van der Waals surface area contributed by atoms with Gasteiger partial charge in [0.15, 0.2) is 0 Å². The molecule has 0 aliphatic heterocycles. The molecule has 0 amide bonds. The van der Waals surface area contributed by atoms with Crippen molar-refractivity contribution in [3.8, 4) is 0 Å². The molecule has 0 atom stereocenters. The molecular weight excluding hydrogens is 246 g/mol. The fraction of sp³-hybridized carbons (Fsp3) is 0.286. The summed E-state index contributed by atoms with van der Waals surface area (Å²) in [6.07, 6.45) is -0.678. The van der Waals surface area contributed by atoms with Gasteiger partial charge in [-0.1, -0.05) is 18.2 Å². The summed E-state index contributed by atoms with van der Waals surface area (Å²) in [5, 5.41) is 10.0. The molecule has 0 fully saturated rings. The standard InChI is InChI=1S/C14H15NO4/c1-8-11(13(16)17)9-6-4-5-7-10(9)15-12(8)14(18-2)19-3/h4-7,14H,1-3H3,(H,16,17). The van der Waals surface area contributed by atoms with E-state index in [1.807, 2.05) is 6.07 Å². The first-order valence-electron chi connectivity index (χ1n) is 5.78. The summed E-state index contributed by atoms with van der Waals surface area (Å²) in [4.78, 5) is 15.9.